The van der Waals surface area contributed by atoms with Gasteiger partial charge in [-0.2, -0.15) is 0 Å². The molecular formula is C10H16O2. The quantitative estimate of drug-likeness (QED) is 0.702. The smallest absolute Gasteiger partial charge is 0.310 e. The molecule has 2 aliphatic carbocycles. The lowest BCUT2D eigenvalue weighted by Crippen LogP contribution is -2.42. The van der Waals surface area contributed by atoms with Crippen molar-refractivity contribution >= 4 is 5.97 Å². The summed E-state index contributed by atoms with van der Waals surface area (Å²) in [6, 6.07) is 0. The highest BCUT2D eigenvalue weighted by molar-refractivity contribution is 5.79. The molecule has 0 amide bonds. The van der Waals surface area contributed by atoms with Crippen LogP contribution in [0.3, 0.4) is 0 Å². The van der Waals surface area contributed by atoms with Gasteiger partial charge < -0.3 is 5.11 Å². The summed E-state index contributed by atoms with van der Waals surface area (Å²) in [7, 11) is 0. The molecule has 0 saturated heterocycles. The van der Waals surface area contributed by atoms with Gasteiger partial charge >= 0.3 is 5.97 Å². The van der Waals surface area contributed by atoms with Crippen molar-refractivity contribution in [3.05, 3.63) is 0 Å². The average Bonchev–Trinajstić information content (AvgIpc) is 2.67. The van der Waals surface area contributed by atoms with Gasteiger partial charge in [-0.3, -0.25) is 4.79 Å². The maximum absolute atomic E-state index is 11.1. The minimum atomic E-state index is -0.538. The second kappa shape index (κ2) is 2.24. The summed E-state index contributed by atoms with van der Waals surface area (Å²) in [6.07, 6.45) is 6.44. The lowest BCUT2D eigenvalue weighted by atomic mass is 9.57. The summed E-state index contributed by atoms with van der Waals surface area (Å²) in [5.74, 6) is -0.538. The highest BCUT2D eigenvalue weighted by Crippen LogP contribution is 2.68. The Hall–Kier alpha value is -0.530. The van der Waals surface area contributed by atoms with Crippen molar-refractivity contribution in [2.75, 3.05) is 0 Å². The van der Waals surface area contributed by atoms with Crippen molar-refractivity contribution < 1.29 is 9.90 Å². The molecule has 68 valence electrons. The number of hydrogen-bond donors (Lipinski definition) is 1. The van der Waals surface area contributed by atoms with Gasteiger partial charge in [0.25, 0.3) is 0 Å². The van der Waals surface area contributed by atoms with E-state index in [-0.39, 0.29) is 10.8 Å². The molecule has 2 saturated carbocycles. The fraction of sp³-hybridized carbons (Fsp3) is 0.900. The van der Waals surface area contributed by atoms with Gasteiger partial charge in [0.1, 0.15) is 0 Å². The fourth-order valence-corrected chi connectivity index (χ4v) is 2.87. The third-order valence-electron chi connectivity index (χ3n) is 4.16. The lowest BCUT2D eigenvalue weighted by molar-refractivity contribution is -0.153. The molecule has 0 aromatic carbocycles. The van der Waals surface area contributed by atoms with Crippen molar-refractivity contribution in [3.8, 4) is 0 Å². The van der Waals surface area contributed by atoms with Crippen LogP contribution >= 0.6 is 0 Å². The van der Waals surface area contributed by atoms with E-state index in [2.05, 4.69) is 6.92 Å². The predicted molar refractivity (Wildman–Crippen MR) is 45.9 cm³/mol. The lowest BCUT2D eigenvalue weighted by Gasteiger charge is -2.46. The summed E-state index contributed by atoms with van der Waals surface area (Å²) >= 11 is 0. The number of carbonyl (C=O) groups is 1. The number of carboxylic acids is 1. The Morgan fingerprint density at radius 3 is 2.00 bits per heavy atom. The van der Waals surface area contributed by atoms with Gasteiger partial charge in [-0.15, -0.1) is 0 Å². The standard InChI is InChI=1S/C10H16O2/c1-2-9(4-3-5-9)10(6-7-10)8(11)12/h2-7H2,1H3,(H,11,12). The SMILES string of the molecule is CCC1(C2(C(=O)O)CC2)CCC1. The minimum absolute atomic E-state index is 0.193. The molecule has 0 atom stereocenters. The van der Waals surface area contributed by atoms with Crippen molar-refractivity contribution in [2.45, 2.75) is 45.4 Å². The molecule has 2 aliphatic rings. The first-order valence-electron chi connectivity index (χ1n) is 4.90. The molecule has 0 spiro atoms. The molecule has 0 aromatic rings. The summed E-state index contributed by atoms with van der Waals surface area (Å²) in [5.41, 5.74) is -0.0984. The summed E-state index contributed by atoms with van der Waals surface area (Å²) in [4.78, 5) is 11.1. The minimum Gasteiger partial charge on any atom is -0.481 e. The third-order valence-corrected chi connectivity index (χ3v) is 4.16. The Labute approximate surface area is 73.0 Å². The second-order valence-corrected chi connectivity index (χ2v) is 4.37. The first-order chi connectivity index (χ1) is 5.67. The van der Waals surface area contributed by atoms with Crippen LogP contribution in [0.2, 0.25) is 0 Å². The normalized spacial score (nSPS) is 29.1. The van der Waals surface area contributed by atoms with Gasteiger partial charge in [-0.1, -0.05) is 13.3 Å². The zero-order valence-electron chi connectivity index (χ0n) is 7.60. The first kappa shape index (κ1) is 8.09. The Kier molecular flexibility index (Phi) is 1.51. The average molecular weight is 168 g/mol. The number of hydrogen-bond acceptors (Lipinski definition) is 1. The second-order valence-electron chi connectivity index (χ2n) is 4.37. The van der Waals surface area contributed by atoms with Crippen molar-refractivity contribution in [1.29, 1.82) is 0 Å². The van der Waals surface area contributed by atoms with E-state index >= 15 is 0 Å². The van der Waals surface area contributed by atoms with Crippen LogP contribution in [0, 0.1) is 10.8 Å². The molecule has 12 heavy (non-hydrogen) atoms. The molecule has 2 fully saturated rings. The number of aliphatic carboxylic acids is 1. The topological polar surface area (TPSA) is 37.3 Å². The van der Waals surface area contributed by atoms with Gasteiger partial charge in [0.2, 0.25) is 0 Å². The van der Waals surface area contributed by atoms with E-state index in [0.29, 0.717) is 0 Å². The summed E-state index contributed by atoms with van der Waals surface area (Å²) in [5, 5.41) is 9.14. The molecule has 0 bridgehead atoms. The van der Waals surface area contributed by atoms with Crippen molar-refractivity contribution in [2.24, 2.45) is 10.8 Å². The van der Waals surface area contributed by atoms with Gasteiger partial charge in [-0.25, -0.2) is 0 Å². The monoisotopic (exact) mass is 168 g/mol. The van der Waals surface area contributed by atoms with E-state index in [1.165, 1.54) is 6.42 Å². The number of rotatable bonds is 3. The van der Waals surface area contributed by atoms with E-state index in [1.54, 1.807) is 0 Å². The van der Waals surface area contributed by atoms with Gasteiger partial charge in [0.15, 0.2) is 0 Å². The van der Waals surface area contributed by atoms with Crippen LogP contribution in [-0.4, -0.2) is 11.1 Å². The largest absolute Gasteiger partial charge is 0.481 e. The van der Waals surface area contributed by atoms with E-state index in [0.717, 1.165) is 32.1 Å². The maximum Gasteiger partial charge on any atom is 0.310 e. The molecule has 1 N–H and O–H groups in total. The molecule has 2 rings (SSSR count). The van der Waals surface area contributed by atoms with E-state index in [4.69, 9.17) is 5.11 Å². The highest BCUT2D eigenvalue weighted by Gasteiger charge is 2.65. The molecule has 2 nitrogen and oxygen atoms in total. The fourth-order valence-electron chi connectivity index (χ4n) is 2.87. The molecule has 0 aliphatic heterocycles. The van der Waals surface area contributed by atoms with E-state index in [1.807, 2.05) is 0 Å². The molecular weight excluding hydrogens is 152 g/mol. The Morgan fingerprint density at radius 1 is 1.33 bits per heavy atom. The third kappa shape index (κ3) is 0.732. The van der Waals surface area contributed by atoms with Crippen LogP contribution in [0.4, 0.5) is 0 Å². The summed E-state index contributed by atoms with van der Waals surface area (Å²) < 4.78 is 0. The maximum atomic E-state index is 11.1. The zero-order valence-corrected chi connectivity index (χ0v) is 7.60. The zero-order chi connectivity index (χ0) is 8.82. The van der Waals surface area contributed by atoms with Crippen LogP contribution in [0.1, 0.15) is 45.4 Å². The van der Waals surface area contributed by atoms with Crippen LogP contribution < -0.4 is 0 Å². The van der Waals surface area contributed by atoms with Crippen LogP contribution in [-0.2, 0) is 4.79 Å². The van der Waals surface area contributed by atoms with Crippen LogP contribution in [0.5, 0.6) is 0 Å². The van der Waals surface area contributed by atoms with Gasteiger partial charge in [0.05, 0.1) is 5.41 Å². The highest BCUT2D eigenvalue weighted by atomic mass is 16.4. The Morgan fingerprint density at radius 2 is 1.92 bits per heavy atom. The van der Waals surface area contributed by atoms with Gasteiger partial charge in [-0.05, 0) is 37.5 Å². The van der Waals surface area contributed by atoms with Crippen molar-refractivity contribution in [3.63, 3.8) is 0 Å². The Balaban J connectivity index is 2.21. The molecule has 0 unspecified atom stereocenters. The predicted octanol–water partition coefficient (Wildman–Crippen LogP) is 2.43. The van der Waals surface area contributed by atoms with Gasteiger partial charge in [0, 0.05) is 0 Å². The molecule has 0 aromatic heterocycles. The molecule has 0 heterocycles. The van der Waals surface area contributed by atoms with Crippen LogP contribution in [0.15, 0.2) is 0 Å². The number of carboxylic acid groups (broad SMARTS) is 1. The van der Waals surface area contributed by atoms with Crippen molar-refractivity contribution in [1.82, 2.24) is 0 Å². The van der Waals surface area contributed by atoms with E-state index in [9.17, 15) is 4.79 Å². The van der Waals surface area contributed by atoms with E-state index < -0.39 is 5.97 Å². The first-order valence-corrected chi connectivity index (χ1v) is 4.90. The summed E-state index contributed by atoms with van der Waals surface area (Å²) in [6.45, 7) is 2.14. The molecule has 0 radical (unpaired) electrons. The molecule has 2 heteroatoms. The van der Waals surface area contributed by atoms with Crippen LogP contribution in [0.25, 0.3) is 0 Å². The Bertz CT molecular complexity index is 206.